The number of Topliss-reactive ketones (excluding diaryl/α,β-unsaturated/α-hetero) is 2. The van der Waals surface area contributed by atoms with Crippen LogP contribution < -0.4 is 20.7 Å². The average Bonchev–Trinajstić information content (AvgIpc) is 3.96. The number of ether oxygens (including phenoxy) is 4. The molecular weight excluding hydrogens is 1020 g/mol. The number of ketones is 2. The number of carbonyl (C=O) groups excluding carboxylic acids is 7. The molecule has 5 aliphatic heterocycles. The van der Waals surface area contributed by atoms with Gasteiger partial charge in [-0.15, -0.1) is 0 Å². The van der Waals surface area contributed by atoms with Crippen LogP contribution in [0.3, 0.4) is 0 Å². The number of rotatable bonds is 7. The van der Waals surface area contributed by atoms with E-state index < -0.39 is 94.4 Å². The molecule has 12 atom stereocenters. The smallest absolute Gasteiger partial charge is 0.408 e. The van der Waals surface area contributed by atoms with E-state index in [1.54, 1.807) is 11.1 Å². The second kappa shape index (κ2) is 22.4. The minimum atomic E-state index is -1.22. The largest absolute Gasteiger partial charge is 0.488 e. The Labute approximate surface area is 469 Å². The first-order chi connectivity index (χ1) is 37.7. The van der Waals surface area contributed by atoms with E-state index in [0.29, 0.717) is 43.6 Å². The number of nitrogens with zero attached hydrogens (tertiary/aromatic N) is 6. The van der Waals surface area contributed by atoms with Crippen LogP contribution in [0.4, 0.5) is 14.4 Å². The zero-order valence-electron chi connectivity index (χ0n) is 48.6. The van der Waals surface area contributed by atoms with Crippen molar-refractivity contribution in [1.29, 1.82) is 5.41 Å². The molecule has 436 valence electrons. The molecule has 21 heteroatoms. The first-order valence-corrected chi connectivity index (χ1v) is 29.1. The van der Waals surface area contributed by atoms with Crippen molar-refractivity contribution < 1.29 is 52.5 Å². The molecule has 4 N–H and O–H groups in total. The number of aryl methyl sites for hydroxylation is 1. The number of amides is 6. The number of hydrogen-bond donors (Lipinski definition) is 4. The first kappa shape index (κ1) is 58.1. The summed E-state index contributed by atoms with van der Waals surface area (Å²) in [4.78, 5) is 113. The van der Waals surface area contributed by atoms with Crippen molar-refractivity contribution in [3.8, 4) is 5.75 Å². The molecule has 3 saturated heterocycles. The summed E-state index contributed by atoms with van der Waals surface area (Å²) in [5.41, 5.74) is -0.929. The molecule has 0 spiro atoms. The fourth-order valence-electron chi connectivity index (χ4n) is 13.4. The van der Waals surface area contributed by atoms with Gasteiger partial charge in [-0.3, -0.25) is 24.5 Å². The number of amidine groups is 1. The van der Waals surface area contributed by atoms with E-state index in [0.717, 1.165) is 68.8 Å². The Morgan fingerprint density at radius 2 is 1.41 bits per heavy atom. The van der Waals surface area contributed by atoms with Gasteiger partial charge >= 0.3 is 24.2 Å². The van der Waals surface area contributed by atoms with Gasteiger partial charge in [0.2, 0.25) is 11.8 Å². The van der Waals surface area contributed by atoms with Crippen molar-refractivity contribution in [3.05, 3.63) is 41.6 Å². The van der Waals surface area contributed by atoms with Crippen LogP contribution in [-0.2, 0) is 46.2 Å². The number of aromatic nitrogens is 2. The lowest BCUT2D eigenvalue weighted by atomic mass is 9.79. The Bertz CT molecular complexity index is 2860. The first-order valence-electron chi connectivity index (χ1n) is 29.1. The third kappa shape index (κ3) is 11.9. The molecule has 21 nitrogen and oxygen atoms in total. The molecule has 2 aromatic heterocycles. The third-order valence-electron chi connectivity index (χ3n) is 18.3. The maximum atomic E-state index is 15.6. The summed E-state index contributed by atoms with van der Waals surface area (Å²) in [6.07, 6.45) is 12.7. The number of nitrogens with one attached hydrogen (secondary N) is 4. The van der Waals surface area contributed by atoms with E-state index in [2.05, 4.69) is 20.9 Å². The molecule has 9 rings (SSSR count). The quantitative estimate of drug-likeness (QED) is 0.195. The van der Waals surface area contributed by atoms with Crippen LogP contribution >= 0.6 is 0 Å². The lowest BCUT2D eigenvalue weighted by molar-refractivity contribution is -0.142. The van der Waals surface area contributed by atoms with Gasteiger partial charge in [-0.25, -0.2) is 24.3 Å². The highest BCUT2D eigenvalue weighted by molar-refractivity contribution is 5.98. The lowest BCUT2D eigenvalue weighted by Gasteiger charge is -2.37. The minimum Gasteiger partial charge on any atom is -0.488 e. The summed E-state index contributed by atoms with van der Waals surface area (Å²) < 4.78 is 27.8. The Kier molecular flexibility index (Phi) is 16.3. The van der Waals surface area contributed by atoms with E-state index >= 15 is 4.79 Å². The summed E-state index contributed by atoms with van der Waals surface area (Å²) >= 11 is 0. The average molecular weight is 1110 g/mol. The van der Waals surface area contributed by atoms with Crippen molar-refractivity contribution in [2.75, 3.05) is 19.6 Å². The summed E-state index contributed by atoms with van der Waals surface area (Å²) in [7, 11) is 0. The number of urea groups is 1. The fourth-order valence-corrected chi connectivity index (χ4v) is 13.4. The number of carbonyl (C=O) groups is 7. The van der Waals surface area contributed by atoms with Gasteiger partial charge in [-0.2, -0.15) is 4.99 Å². The number of pyridine rings is 1. The molecule has 0 radical (unpaired) electrons. The summed E-state index contributed by atoms with van der Waals surface area (Å²) in [5, 5.41) is 16.3. The van der Waals surface area contributed by atoms with E-state index in [1.165, 1.54) is 29.7 Å². The molecule has 2 aromatic rings. The van der Waals surface area contributed by atoms with Gasteiger partial charge in [-0.05, 0) is 102 Å². The number of fused-ring (bicyclic) bond motifs is 9. The number of alkyl carbamates (subject to hydrolysis) is 2. The predicted molar refractivity (Wildman–Crippen MR) is 297 cm³/mol. The van der Waals surface area contributed by atoms with Gasteiger partial charge in [-0.1, -0.05) is 74.1 Å². The maximum Gasteiger partial charge on any atom is 0.408 e. The van der Waals surface area contributed by atoms with Crippen LogP contribution in [0.15, 0.2) is 35.3 Å². The molecule has 7 aliphatic rings. The fraction of sp³-hybridized carbons (Fsp3) is 0.695. The standard InChI is InChI=1S/C59H84N10O11/c1-12-40-43-32-69(47(40)35(4)71)51(73)49(65-55(76)80-59(11)27-38(59)21-17-14-18-24-66-52(74)62-44(22-23-60)63-53(66)78-43)57(8,9)28-39-29-61-45-25-41-36(30-67(39)45)19-15-13-16-20-37-26-58(37,10)79-54(75)64-48(56(5,6)7)50(72)68-31-42(77-41)33(2)46(68)34(3)70/h22-23,25,29-30,33,37-38,40,42-43,46-49,60H,12-21,24,26-28,31-32H2,1-11H3,(H,62,74)(H,64,75)(H,65,76)/b44-22+,60-23?/t33-,37-,38-,40-,42+,43+,46+,47-,48-,49-,58-,59-/m1/s1. The highest BCUT2D eigenvalue weighted by atomic mass is 16.6. The normalized spacial score (nSPS) is 33.4. The van der Waals surface area contributed by atoms with Gasteiger partial charge in [0.1, 0.15) is 52.7 Å². The number of aliphatic imine (C=N–C) groups is 1. The summed E-state index contributed by atoms with van der Waals surface area (Å²) in [6.45, 7) is 20.4. The third-order valence-corrected chi connectivity index (χ3v) is 18.3. The van der Waals surface area contributed by atoms with E-state index in [9.17, 15) is 28.8 Å². The molecule has 6 amide bonds. The van der Waals surface area contributed by atoms with Crippen molar-refractivity contribution in [1.82, 2.24) is 40.0 Å². The highest BCUT2D eigenvalue weighted by Crippen LogP contribution is 2.51. The molecule has 4 bridgehead atoms. The SMILES string of the molecule is CC[C@@H]1[C@@H]2CN(C(=O)[C@H](C(C)(C)Cc3cnc4cc5c(cn34)CCCCC[C@@H]3C[C@@]3(C)OC(=O)N[C@@H](C(C)(C)C)C(=O)N3C[C@H](O5)[C@@H](C)[C@H]3C(C)=O)NC(=O)O[C@]3(C)C[C@H]3CCCCCN3C(=O)N/C(=C\C=N)N=C3O2)[C@@H]1C(C)=O. The van der Waals surface area contributed by atoms with Crippen molar-refractivity contribution in [2.45, 2.75) is 207 Å². The molecule has 80 heavy (non-hydrogen) atoms. The Morgan fingerprint density at radius 1 is 0.812 bits per heavy atom. The van der Waals surface area contributed by atoms with Crippen molar-refractivity contribution >= 4 is 59.5 Å². The summed E-state index contributed by atoms with van der Waals surface area (Å²) in [6, 6.07) is -2.46. The van der Waals surface area contributed by atoms with Gasteiger partial charge in [0, 0.05) is 66.1 Å². The number of hydrogen-bond acceptors (Lipinski definition) is 14. The van der Waals surface area contributed by atoms with Gasteiger partial charge in [0.15, 0.2) is 11.6 Å². The molecule has 2 saturated carbocycles. The predicted octanol–water partition coefficient (Wildman–Crippen LogP) is 7.65. The molecular formula is C59H84N10O11. The molecule has 5 fully saturated rings. The van der Waals surface area contributed by atoms with Crippen molar-refractivity contribution in [2.24, 2.45) is 39.5 Å². The maximum absolute atomic E-state index is 15.6. The van der Waals surface area contributed by atoms with E-state index in [-0.39, 0.29) is 60.7 Å². The van der Waals surface area contributed by atoms with Crippen LogP contribution in [0.2, 0.25) is 0 Å². The van der Waals surface area contributed by atoms with Crippen LogP contribution in [0, 0.1) is 39.9 Å². The zero-order chi connectivity index (χ0) is 57.8. The molecule has 2 aliphatic carbocycles. The van der Waals surface area contributed by atoms with Gasteiger partial charge in [0.25, 0.3) is 0 Å². The highest BCUT2D eigenvalue weighted by Gasteiger charge is 2.57. The van der Waals surface area contributed by atoms with Crippen LogP contribution in [-0.4, -0.2) is 145 Å². The molecule has 0 unspecified atom stereocenters. The van der Waals surface area contributed by atoms with Gasteiger partial charge < -0.3 is 49.2 Å². The number of allylic oxidation sites excluding steroid dienone is 1. The topological polar surface area (TPSA) is 256 Å². The number of imidazole rings is 1. The lowest BCUT2D eigenvalue weighted by Crippen LogP contribution is -2.58. The van der Waals surface area contributed by atoms with Crippen LogP contribution in [0.5, 0.6) is 5.75 Å². The van der Waals surface area contributed by atoms with Crippen molar-refractivity contribution in [3.63, 3.8) is 0 Å². The minimum absolute atomic E-state index is 0.0317. The Balaban J connectivity index is 1.05. The second-order valence-corrected chi connectivity index (χ2v) is 26.0. The molecule has 7 heterocycles. The van der Waals surface area contributed by atoms with Crippen LogP contribution in [0.1, 0.15) is 158 Å². The Hall–Kier alpha value is -6.54. The van der Waals surface area contributed by atoms with Gasteiger partial charge in [0.05, 0.1) is 25.2 Å². The van der Waals surface area contributed by atoms with E-state index in [4.69, 9.17) is 29.3 Å². The van der Waals surface area contributed by atoms with E-state index in [1.807, 2.05) is 79.0 Å². The van der Waals surface area contributed by atoms with Crippen LogP contribution in [0.25, 0.3) is 5.65 Å². The Morgan fingerprint density at radius 3 is 2.02 bits per heavy atom. The second-order valence-electron chi connectivity index (χ2n) is 26.0. The monoisotopic (exact) mass is 1110 g/mol. The zero-order valence-corrected chi connectivity index (χ0v) is 48.6. The summed E-state index contributed by atoms with van der Waals surface area (Å²) in [5.74, 6) is -1.21. The molecule has 0 aromatic carbocycles.